The molecule has 2 N–H and O–H groups in total. The minimum absolute atomic E-state index is 0.0119. The third-order valence-electron chi connectivity index (χ3n) is 3.55. The van der Waals surface area contributed by atoms with Crippen LogP contribution in [0.15, 0.2) is 24.3 Å². The van der Waals surface area contributed by atoms with Crippen LogP contribution in [-0.2, 0) is 20.9 Å². The van der Waals surface area contributed by atoms with E-state index in [1.165, 1.54) is 29.2 Å². The zero-order chi connectivity index (χ0) is 16.1. The molecule has 1 aromatic rings. The number of nitrogens with two attached hydrogens (primary N) is 1. The largest absolute Gasteiger partial charge is 0.459 e. The number of benzene rings is 1. The number of nitro groups is 1. The van der Waals surface area contributed by atoms with Gasteiger partial charge in [-0.2, -0.15) is 0 Å². The molecule has 1 aliphatic heterocycles. The number of likely N-dealkylation sites (tertiary alicyclic amines) is 1. The molecule has 1 atom stereocenters. The Kier molecular flexibility index (Phi) is 5.05. The third kappa shape index (κ3) is 3.59. The first-order valence-corrected chi connectivity index (χ1v) is 6.92. The van der Waals surface area contributed by atoms with Crippen molar-refractivity contribution < 1.29 is 19.2 Å². The van der Waals surface area contributed by atoms with Crippen molar-refractivity contribution in [2.45, 2.75) is 25.5 Å². The molecule has 0 saturated carbocycles. The second kappa shape index (κ2) is 6.99. The summed E-state index contributed by atoms with van der Waals surface area (Å²) in [6.07, 6.45) is 1.30. The fourth-order valence-electron chi connectivity index (χ4n) is 2.39. The standard InChI is InChI=1S/C14H17N3O5/c15-8-13(18)16-7-1-2-12(16)14(19)22-9-10-3-5-11(6-4-10)17(20)21/h3-6,12H,1-2,7-9,15H2/t12-/m0/s1. The van der Waals surface area contributed by atoms with Crippen LogP contribution in [0.3, 0.4) is 0 Å². The molecular formula is C14H17N3O5. The van der Waals surface area contributed by atoms with E-state index < -0.39 is 16.9 Å². The molecule has 1 amide bonds. The van der Waals surface area contributed by atoms with E-state index >= 15 is 0 Å². The van der Waals surface area contributed by atoms with Crippen molar-refractivity contribution in [1.82, 2.24) is 4.90 Å². The van der Waals surface area contributed by atoms with Crippen molar-refractivity contribution in [3.63, 3.8) is 0 Å². The number of esters is 1. The van der Waals surface area contributed by atoms with Crippen LogP contribution in [-0.4, -0.2) is 40.8 Å². The molecule has 1 fully saturated rings. The molecule has 22 heavy (non-hydrogen) atoms. The lowest BCUT2D eigenvalue weighted by molar-refractivity contribution is -0.384. The lowest BCUT2D eigenvalue weighted by Gasteiger charge is -2.22. The summed E-state index contributed by atoms with van der Waals surface area (Å²) in [6, 6.07) is 5.17. The molecule has 0 aliphatic carbocycles. The maximum atomic E-state index is 12.1. The fourth-order valence-corrected chi connectivity index (χ4v) is 2.39. The first-order valence-electron chi connectivity index (χ1n) is 6.92. The Morgan fingerprint density at radius 2 is 2.05 bits per heavy atom. The highest BCUT2D eigenvalue weighted by molar-refractivity contribution is 5.86. The van der Waals surface area contributed by atoms with Crippen LogP contribution in [0.1, 0.15) is 18.4 Å². The predicted octanol–water partition coefficient (Wildman–Crippen LogP) is 0.588. The van der Waals surface area contributed by atoms with E-state index in [0.717, 1.165) is 6.42 Å². The average molecular weight is 307 g/mol. The van der Waals surface area contributed by atoms with Gasteiger partial charge in [0.25, 0.3) is 5.69 Å². The molecule has 0 unspecified atom stereocenters. The van der Waals surface area contributed by atoms with Gasteiger partial charge in [0, 0.05) is 18.7 Å². The van der Waals surface area contributed by atoms with Gasteiger partial charge in [-0.1, -0.05) is 0 Å². The summed E-state index contributed by atoms with van der Waals surface area (Å²) < 4.78 is 5.19. The Balaban J connectivity index is 1.92. The number of hydrogen-bond acceptors (Lipinski definition) is 6. The SMILES string of the molecule is NCC(=O)N1CCC[C@H]1C(=O)OCc1ccc([N+](=O)[O-])cc1. The number of carbonyl (C=O) groups is 2. The normalized spacial score (nSPS) is 17.3. The van der Waals surface area contributed by atoms with Gasteiger partial charge in [0.05, 0.1) is 11.5 Å². The predicted molar refractivity (Wildman–Crippen MR) is 76.7 cm³/mol. The van der Waals surface area contributed by atoms with Crippen LogP contribution in [0.2, 0.25) is 0 Å². The summed E-state index contributed by atoms with van der Waals surface area (Å²) in [5.41, 5.74) is 5.94. The van der Waals surface area contributed by atoms with Crippen molar-refractivity contribution in [1.29, 1.82) is 0 Å². The van der Waals surface area contributed by atoms with Gasteiger partial charge >= 0.3 is 5.97 Å². The minimum Gasteiger partial charge on any atom is -0.459 e. The number of nitro benzene ring substituents is 1. The van der Waals surface area contributed by atoms with Crippen molar-refractivity contribution in [2.75, 3.05) is 13.1 Å². The summed E-state index contributed by atoms with van der Waals surface area (Å²) in [7, 11) is 0. The van der Waals surface area contributed by atoms with E-state index in [2.05, 4.69) is 0 Å². The van der Waals surface area contributed by atoms with Crippen LogP contribution in [0.5, 0.6) is 0 Å². The molecule has 8 heteroatoms. The Bertz CT molecular complexity index is 572. The number of amides is 1. The molecule has 1 saturated heterocycles. The second-order valence-corrected chi connectivity index (χ2v) is 4.98. The van der Waals surface area contributed by atoms with Crippen molar-refractivity contribution in [3.8, 4) is 0 Å². The first-order chi connectivity index (χ1) is 10.5. The monoisotopic (exact) mass is 307 g/mol. The Morgan fingerprint density at radius 3 is 2.64 bits per heavy atom. The Labute approximate surface area is 127 Å². The molecule has 1 aliphatic rings. The lowest BCUT2D eigenvalue weighted by Crippen LogP contribution is -2.44. The highest BCUT2D eigenvalue weighted by atomic mass is 16.6. The number of non-ortho nitro benzene ring substituents is 1. The second-order valence-electron chi connectivity index (χ2n) is 4.98. The average Bonchev–Trinajstić information content (AvgIpc) is 3.01. The number of hydrogen-bond donors (Lipinski definition) is 1. The quantitative estimate of drug-likeness (QED) is 0.483. The summed E-state index contributed by atoms with van der Waals surface area (Å²) in [5, 5.41) is 10.6. The smallest absolute Gasteiger partial charge is 0.329 e. The molecule has 0 radical (unpaired) electrons. The van der Waals surface area contributed by atoms with Gasteiger partial charge in [-0.25, -0.2) is 4.79 Å². The number of rotatable bonds is 5. The third-order valence-corrected chi connectivity index (χ3v) is 3.55. The summed E-state index contributed by atoms with van der Waals surface area (Å²) in [6.45, 7) is 0.386. The molecule has 0 spiro atoms. The van der Waals surface area contributed by atoms with Crippen LogP contribution >= 0.6 is 0 Å². The zero-order valence-electron chi connectivity index (χ0n) is 11.9. The van der Waals surface area contributed by atoms with Crippen LogP contribution in [0.4, 0.5) is 5.69 Å². The zero-order valence-corrected chi connectivity index (χ0v) is 11.9. The van der Waals surface area contributed by atoms with E-state index in [-0.39, 0.29) is 24.7 Å². The Hall–Kier alpha value is -2.48. The fraction of sp³-hybridized carbons (Fsp3) is 0.429. The minimum atomic E-state index is -0.589. The number of nitrogens with zero attached hydrogens (tertiary/aromatic N) is 2. The molecule has 0 bridgehead atoms. The van der Waals surface area contributed by atoms with Crippen LogP contribution < -0.4 is 5.73 Å². The van der Waals surface area contributed by atoms with Crippen molar-refractivity contribution >= 4 is 17.6 Å². The van der Waals surface area contributed by atoms with Gasteiger partial charge in [0.15, 0.2) is 0 Å². The van der Waals surface area contributed by atoms with Gasteiger partial charge in [-0.15, -0.1) is 0 Å². The van der Waals surface area contributed by atoms with Crippen LogP contribution in [0, 0.1) is 10.1 Å². The molecule has 2 rings (SSSR count). The summed E-state index contributed by atoms with van der Waals surface area (Å²) in [4.78, 5) is 35.2. The number of carbonyl (C=O) groups excluding carboxylic acids is 2. The topological polar surface area (TPSA) is 116 Å². The highest BCUT2D eigenvalue weighted by Crippen LogP contribution is 2.19. The van der Waals surface area contributed by atoms with E-state index in [4.69, 9.17) is 10.5 Å². The van der Waals surface area contributed by atoms with E-state index in [0.29, 0.717) is 18.5 Å². The van der Waals surface area contributed by atoms with Crippen LogP contribution in [0.25, 0.3) is 0 Å². The molecular weight excluding hydrogens is 290 g/mol. The highest BCUT2D eigenvalue weighted by Gasteiger charge is 2.34. The Morgan fingerprint density at radius 1 is 1.36 bits per heavy atom. The van der Waals surface area contributed by atoms with E-state index in [1.54, 1.807) is 0 Å². The molecule has 0 aromatic heterocycles. The van der Waals surface area contributed by atoms with Gasteiger partial charge in [0.1, 0.15) is 12.6 Å². The van der Waals surface area contributed by atoms with Crippen molar-refractivity contribution in [2.24, 2.45) is 5.73 Å². The maximum Gasteiger partial charge on any atom is 0.329 e. The molecule has 118 valence electrons. The molecule has 8 nitrogen and oxygen atoms in total. The maximum absolute atomic E-state index is 12.1. The lowest BCUT2D eigenvalue weighted by atomic mass is 10.2. The summed E-state index contributed by atoms with van der Waals surface area (Å²) >= 11 is 0. The van der Waals surface area contributed by atoms with Crippen molar-refractivity contribution in [3.05, 3.63) is 39.9 Å². The van der Waals surface area contributed by atoms with E-state index in [9.17, 15) is 19.7 Å². The number of ether oxygens (including phenoxy) is 1. The van der Waals surface area contributed by atoms with Gasteiger partial charge in [0.2, 0.25) is 5.91 Å². The first kappa shape index (κ1) is 15.9. The summed E-state index contributed by atoms with van der Waals surface area (Å²) in [5.74, 6) is -0.743. The molecule has 1 heterocycles. The van der Waals surface area contributed by atoms with Gasteiger partial charge in [-0.3, -0.25) is 14.9 Å². The van der Waals surface area contributed by atoms with Gasteiger partial charge < -0.3 is 15.4 Å². The molecule has 1 aromatic carbocycles. The van der Waals surface area contributed by atoms with E-state index in [1.807, 2.05) is 0 Å². The van der Waals surface area contributed by atoms with Gasteiger partial charge in [-0.05, 0) is 30.5 Å².